The summed E-state index contributed by atoms with van der Waals surface area (Å²) in [6.45, 7) is 3.91. The first-order chi connectivity index (χ1) is 17.3. The molecular formula is C25H25F2N7O2. The van der Waals surface area contributed by atoms with Crippen LogP contribution in [0.25, 0.3) is 16.9 Å². The maximum absolute atomic E-state index is 13.5. The van der Waals surface area contributed by atoms with Gasteiger partial charge in [0.05, 0.1) is 5.69 Å². The van der Waals surface area contributed by atoms with Crippen molar-refractivity contribution in [1.82, 2.24) is 29.6 Å². The number of alkyl halides is 2. The number of anilines is 2. The van der Waals surface area contributed by atoms with Crippen LogP contribution in [0.1, 0.15) is 36.6 Å². The fourth-order valence-electron chi connectivity index (χ4n) is 5.08. The lowest BCUT2D eigenvalue weighted by molar-refractivity contribution is -0.212. The first-order valence-electron chi connectivity index (χ1n) is 11.9. The van der Waals surface area contributed by atoms with Crippen LogP contribution in [0.5, 0.6) is 0 Å². The SMILES string of the molecule is CCn1c(=O)c2cnc(Nc3ccc4c(c3)CCNC4)nc2n1-c1cccc(C2(O)CC(F)(F)C2)n1. The summed E-state index contributed by atoms with van der Waals surface area (Å²) in [5, 5.41) is 17.5. The molecule has 0 spiro atoms. The third kappa shape index (κ3) is 3.75. The second-order valence-electron chi connectivity index (χ2n) is 9.42. The lowest BCUT2D eigenvalue weighted by Crippen LogP contribution is -2.49. The maximum Gasteiger partial charge on any atom is 0.278 e. The van der Waals surface area contributed by atoms with Crippen LogP contribution in [0.4, 0.5) is 20.4 Å². The Labute approximate surface area is 204 Å². The van der Waals surface area contributed by atoms with E-state index in [4.69, 9.17) is 0 Å². The summed E-state index contributed by atoms with van der Waals surface area (Å²) >= 11 is 0. The minimum Gasteiger partial charge on any atom is -0.383 e. The van der Waals surface area contributed by atoms with E-state index in [0.717, 1.165) is 25.2 Å². The number of aromatic nitrogens is 5. The predicted molar refractivity (Wildman–Crippen MR) is 130 cm³/mol. The molecule has 36 heavy (non-hydrogen) atoms. The molecule has 2 aliphatic rings. The van der Waals surface area contributed by atoms with E-state index in [1.54, 1.807) is 16.8 Å². The highest BCUT2D eigenvalue weighted by molar-refractivity contribution is 5.77. The molecule has 4 aromatic rings. The highest BCUT2D eigenvalue weighted by Gasteiger charge is 2.57. The van der Waals surface area contributed by atoms with Gasteiger partial charge in [0.2, 0.25) is 5.95 Å². The molecule has 9 nitrogen and oxygen atoms in total. The summed E-state index contributed by atoms with van der Waals surface area (Å²) in [6, 6.07) is 10.9. The van der Waals surface area contributed by atoms with E-state index in [-0.39, 0.29) is 11.3 Å². The summed E-state index contributed by atoms with van der Waals surface area (Å²) in [7, 11) is 0. The molecule has 1 fully saturated rings. The zero-order valence-electron chi connectivity index (χ0n) is 19.6. The number of nitrogens with one attached hydrogen (secondary N) is 2. The number of rotatable bonds is 5. The van der Waals surface area contributed by atoms with Gasteiger partial charge in [0.1, 0.15) is 11.0 Å². The van der Waals surface area contributed by atoms with Gasteiger partial charge in [-0.05, 0) is 55.3 Å². The molecule has 1 aromatic carbocycles. The maximum atomic E-state index is 13.5. The van der Waals surface area contributed by atoms with Gasteiger partial charge in [0.25, 0.3) is 11.5 Å². The van der Waals surface area contributed by atoms with Crippen molar-refractivity contribution >= 4 is 22.7 Å². The van der Waals surface area contributed by atoms with Gasteiger partial charge in [-0.1, -0.05) is 12.1 Å². The number of fused-ring (bicyclic) bond motifs is 2. The molecule has 0 atom stereocenters. The van der Waals surface area contributed by atoms with Gasteiger partial charge in [0, 0.05) is 37.8 Å². The summed E-state index contributed by atoms with van der Waals surface area (Å²) in [6.07, 6.45) is 1.04. The number of halogens is 2. The van der Waals surface area contributed by atoms with E-state index >= 15 is 0 Å². The molecule has 0 radical (unpaired) electrons. The average molecular weight is 494 g/mol. The number of aliphatic hydroxyl groups is 1. The Kier molecular flexibility index (Phi) is 5.16. The molecule has 186 valence electrons. The first-order valence-corrected chi connectivity index (χ1v) is 11.9. The second kappa shape index (κ2) is 8.17. The Morgan fingerprint density at radius 2 is 2.00 bits per heavy atom. The molecule has 4 heterocycles. The van der Waals surface area contributed by atoms with Crippen LogP contribution < -0.4 is 16.2 Å². The van der Waals surface area contributed by atoms with Gasteiger partial charge in [-0.2, -0.15) is 4.98 Å². The van der Waals surface area contributed by atoms with Gasteiger partial charge in [-0.3, -0.25) is 4.79 Å². The van der Waals surface area contributed by atoms with E-state index in [9.17, 15) is 18.7 Å². The lowest BCUT2D eigenvalue weighted by atomic mass is 9.74. The minimum absolute atomic E-state index is 0.138. The molecule has 0 saturated heterocycles. The standard InChI is InChI=1S/C25H25F2N7O2/c1-2-33-22(35)18-12-29-23(30-17-7-6-16-11-28-9-8-15(16)10-17)32-21(18)34(33)20-5-3-4-19(31-20)24(36)13-25(26,27)14-24/h3-7,10,12,28,36H,2,8-9,11,13-14H2,1H3,(H,29,30,32). The quantitative estimate of drug-likeness (QED) is 0.392. The molecule has 1 aliphatic carbocycles. The van der Waals surface area contributed by atoms with Crippen molar-refractivity contribution in [3.8, 4) is 5.82 Å². The molecule has 1 saturated carbocycles. The van der Waals surface area contributed by atoms with Crippen molar-refractivity contribution in [3.05, 3.63) is 69.8 Å². The highest BCUT2D eigenvalue weighted by Crippen LogP contribution is 2.51. The summed E-state index contributed by atoms with van der Waals surface area (Å²) < 4.78 is 30.1. The summed E-state index contributed by atoms with van der Waals surface area (Å²) in [5.74, 6) is -2.30. The predicted octanol–water partition coefficient (Wildman–Crippen LogP) is 3.00. The van der Waals surface area contributed by atoms with Crippen LogP contribution in [0.3, 0.4) is 0 Å². The Morgan fingerprint density at radius 3 is 2.78 bits per heavy atom. The van der Waals surface area contributed by atoms with Crippen molar-refractivity contribution in [1.29, 1.82) is 0 Å². The third-order valence-electron chi connectivity index (χ3n) is 6.85. The Morgan fingerprint density at radius 1 is 1.17 bits per heavy atom. The summed E-state index contributed by atoms with van der Waals surface area (Å²) in [4.78, 5) is 26.5. The molecular weight excluding hydrogens is 468 g/mol. The van der Waals surface area contributed by atoms with Crippen LogP contribution >= 0.6 is 0 Å². The second-order valence-corrected chi connectivity index (χ2v) is 9.42. The van der Waals surface area contributed by atoms with Gasteiger partial charge in [-0.25, -0.2) is 28.1 Å². The van der Waals surface area contributed by atoms with Crippen molar-refractivity contribution in [3.63, 3.8) is 0 Å². The number of benzene rings is 1. The minimum atomic E-state index is -2.92. The van der Waals surface area contributed by atoms with Crippen LogP contribution in [0.2, 0.25) is 0 Å². The lowest BCUT2D eigenvalue weighted by Gasteiger charge is -2.42. The Bertz CT molecular complexity index is 1540. The van der Waals surface area contributed by atoms with Gasteiger partial charge < -0.3 is 15.7 Å². The fraction of sp³-hybridized carbons (Fsp3) is 0.360. The molecule has 6 rings (SSSR count). The number of pyridine rings is 1. The van der Waals surface area contributed by atoms with Crippen molar-refractivity contribution in [2.75, 3.05) is 11.9 Å². The first kappa shape index (κ1) is 22.7. The van der Waals surface area contributed by atoms with Gasteiger partial charge in [0.15, 0.2) is 11.5 Å². The highest BCUT2D eigenvalue weighted by atomic mass is 19.3. The van der Waals surface area contributed by atoms with Crippen LogP contribution in [-0.4, -0.2) is 41.9 Å². The monoisotopic (exact) mass is 493 g/mol. The molecule has 3 N–H and O–H groups in total. The average Bonchev–Trinajstić information content (AvgIpc) is 3.13. The number of hydrogen-bond donors (Lipinski definition) is 3. The molecule has 0 unspecified atom stereocenters. The normalized spacial score (nSPS) is 18.0. The Hall–Kier alpha value is -3.70. The van der Waals surface area contributed by atoms with Crippen molar-refractivity contribution in [2.45, 2.75) is 50.8 Å². The molecule has 1 aliphatic heterocycles. The van der Waals surface area contributed by atoms with Crippen molar-refractivity contribution < 1.29 is 13.9 Å². The Balaban J connectivity index is 1.41. The fourth-order valence-corrected chi connectivity index (χ4v) is 5.08. The van der Waals surface area contributed by atoms with E-state index in [1.165, 1.54) is 28.1 Å². The van der Waals surface area contributed by atoms with Crippen LogP contribution in [0, 0.1) is 0 Å². The topological polar surface area (TPSA) is 110 Å². The smallest absolute Gasteiger partial charge is 0.278 e. The molecule has 0 amide bonds. The number of nitrogens with zero attached hydrogens (tertiary/aromatic N) is 5. The molecule has 3 aromatic heterocycles. The molecule has 0 bridgehead atoms. The van der Waals surface area contributed by atoms with E-state index in [2.05, 4.69) is 37.7 Å². The zero-order valence-corrected chi connectivity index (χ0v) is 19.6. The van der Waals surface area contributed by atoms with E-state index < -0.39 is 24.4 Å². The van der Waals surface area contributed by atoms with Crippen LogP contribution in [0.15, 0.2) is 47.4 Å². The zero-order chi connectivity index (χ0) is 25.1. The summed E-state index contributed by atoms with van der Waals surface area (Å²) in [5.41, 5.74) is 1.83. The largest absolute Gasteiger partial charge is 0.383 e. The third-order valence-corrected chi connectivity index (χ3v) is 6.85. The van der Waals surface area contributed by atoms with E-state index in [1.807, 2.05) is 13.0 Å². The van der Waals surface area contributed by atoms with Gasteiger partial charge >= 0.3 is 0 Å². The van der Waals surface area contributed by atoms with Crippen LogP contribution in [-0.2, 0) is 25.1 Å². The number of hydrogen-bond acceptors (Lipinski definition) is 7. The van der Waals surface area contributed by atoms with E-state index in [0.29, 0.717) is 29.3 Å². The van der Waals surface area contributed by atoms with Gasteiger partial charge in [-0.15, -0.1) is 0 Å². The van der Waals surface area contributed by atoms with Crippen molar-refractivity contribution in [2.24, 2.45) is 0 Å². The molecule has 11 heteroatoms.